The third-order valence-corrected chi connectivity index (χ3v) is 3.88. The minimum atomic E-state index is -0.617. The number of carbonyl (C=O) groups is 2. The molecule has 2 aromatic heterocycles. The zero-order valence-corrected chi connectivity index (χ0v) is 14.8. The van der Waals surface area contributed by atoms with Crippen molar-refractivity contribution in [1.82, 2.24) is 4.98 Å². The van der Waals surface area contributed by atoms with Crippen molar-refractivity contribution in [3.05, 3.63) is 47.3 Å². The molecule has 25 heavy (non-hydrogen) atoms. The van der Waals surface area contributed by atoms with Crippen LogP contribution in [0.1, 0.15) is 54.2 Å². The van der Waals surface area contributed by atoms with Gasteiger partial charge in [0.05, 0.1) is 5.69 Å². The van der Waals surface area contributed by atoms with E-state index in [2.05, 4.69) is 4.98 Å². The molecule has 0 unspecified atom stereocenters. The fourth-order valence-electron chi connectivity index (χ4n) is 2.89. The van der Waals surface area contributed by atoms with Gasteiger partial charge in [-0.3, -0.25) is 4.79 Å². The van der Waals surface area contributed by atoms with Gasteiger partial charge in [0.25, 0.3) is 0 Å². The number of furan rings is 1. The summed E-state index contributed by atoms with van der Waals surface area (Å²) in [5, 5.41) is 0.941. The molecule has 130 valence electrons. The molecule has 0 spiro atoms. The van der Waals surface area contributed by atoms with Crippen molar-refractivity contribution < 1.29 is 18.7 Å². The molecule has 0 aliphatic rings. The van der Waals surface area contributed by atoms with E-state index in [4.69, 9.17) is 9.15 Å². The van der Waals surface area contributed by atoms with E-state index in [9.17, 15) is 9.59 Å². The highest BCUT2D eigenvalue weighted by Gasteiger charge is 2.27. The maximum absolute atomic E-state index is 12.5. The van der Waals surface area contributed by atoms with Crippen LogP contribution in [-0.2, 0) is 11.2 Å². The molecule has 2 heterocycles. The van der Waals surface area contributed by atoms with Gasteiger partial charge in [0.2, 0.25) is 0 Å². The van der Waals surface area contributed by atoms with Gasteiger partial charge in [-0.25, -0.2) is 4.79 Å². The summed E-state index contributed by atoms with van der Waals surface area (Å²) in [6.45, 7) is 7.35. The number of aromatic amines is 1. The third kappa shape index (κ3) is 3.22. The zero-order chi connectivity index (χ0) is 18.2. The molecule has 0 aliphatic heterocycles. The molecule has 1 aromatic carbocycles. The molecular weight excluding hydrogens is 318 g/mol. The highest BCUT2D eigenvalue weighted by atomic mass is 16.6. The Morgan fingerprint density at radius 1 is 1.28 bits per heavy atom. The fourth-order valence-corrected chi connectivity index (χ4v) is 2.89. The maximum atomic E-state index is 12.5. The Morgan fingerprint density at radius 2 is 2.00 bits per heavy atom. The number of nitrogens with one attached hydrogen (secondary N) is 1. The van der Waals surface area contributed by atoms with Gasteiger partial charge in [-0.15, -0.1) is 0 Å². The molecule has 3 rings (SSSR count). The molecule has 1 N–H and O–H groups in total. The summed E-state index contributed by atoms with van der Waals surface area (Å²) < 4.78 is 11.4. The third-order valence-electron chi connectivity index (χ3n) is 3.88. The Hall–Kier alpha value is -2.82. The van der Waals surface area contributed by atoms with Crippen molar-refractivity contribution in [2.45, 2.75) is 39.7 Å². The lowest BCUT2D eigenvalue weighted by molar-refractivity contribution is 0.00624. The topological polar surface area (TPSA) is 72.3 Å². The van der Waals surface area contributed by atoms with Crippen LogP contribution in [-0.4, -0.2) is 22.8 Å². The van der Waals surface area contributed by atoms with Crippen LogP contribution in [0.15, 0.2) is 34.7 Å². The van der Waals surface area contributed by atoms with E-state index in [1.54, 1.807) is 20.8 Å². The van der Waals surface area contributed by atoms with Gasteiger partial charge in [-0.05, 0) is 44.9 Å². The van der Waals surface area contributed by atoms with Gasteiger partial charge in [0.1, 0.15) is 22.6 Å². The summed E-state index contributed by atoms with van der Waals surface area (Å²) >= 11 is 0. The smallest absolute Gasteiger partial charge is 0.355 e. The highest BCUT2D eigenvalue weighted by molar-refractivity contribution is 5.98. The molecule has 5 heteroatoms. The SMILES string of the molecule is CCc1c(C(=O)OC(C)(C)C)[nH]c(C=O)c1-c1cc2ccccc2o1. The first-order valence-corrected chi connectivity index (χ1v) is 8.26. The fraction of sp³-hybridized carbons (Fsp3) is 0.300. The van der Waals surface area contributed by atoms with E-state index in [1.807, 2.05) is 37.3 Å². The Labute approximate surface area is 146 Å². The molecule has 3 aromatic rings. The molecular formula is C20H21NO4. The second kappa shape index (κ2) is 6.24. The minimum absolute atomic E-state index is 0.301. The number of aldehydes is 1. The van der Waals surface area contributed by atoms with Crippen molar-refractivity contribution in [3.8, 4) is 11.3 Å². The quantitative estimate of drug-likeness (QED) is 0.549. The molecule has 0 aliphatic carbocycles. The van der Waals surface area contributed by atoms with E-state index in [0.717, 1.165) is 16.5 Å². The molecule has 0 bridgehead atoms. The molecule has 0 atom stereocenters. The van der Waals surface area contributed by atoms with E-state index in [1.165, 1.54) is 0 Å². The lowest BCUT2D eigenvalue weighted by Gasteiger charge is -2.19. The standard InChI is InChI=1S/C20H21NO4/c1-5-13-17(16-10-12-8-6-7-9-15(12)24-16)14(11-22)21-18(13)19(23)25-20(2,3)4/h6-11,21H,5H2,1-4H3. The van der Waals surface area contributed by atoms with Gasteiger partial charge in [0.15, 0.2) is 6.29 Å². The van der Waals surface area contributed by atoms with E-state index < -0.39 is 11.6 Å². The molecule has 0 saturated heterocycles. The second-order valence-electron chi connectivity index (χ2n) is 6.89. The number of fused-ring (bicyclic) bond motifs is 1. The predicted molar refractivity (Wildman–Crippen MR) is 95.9 cm³/mol. The number of aromatic nitrogens is 1. The van der Waals surface area contributed by atoms with Crippen LogP contribution in [0.25, 0.3) is 22.3 Å². The van der Waals surface area contributed by atoms with Crippen LogP contribution < -0.4 is 0 Å². The lowest BCUT2D eigenvalue weighted by atomic mass is 10.0. The van der Waals surface area contributed by atoms with Crippen LogP contribution in [0.4, 0.5) is 0 Å². The van der Waals surface area contributed by atoms with Crippen LogP contribution in [0.5, 0.6) is 0 Å². The highest BCUT2D eigenvalue weighted by Crippen LogP contribution is 2.35. The number of hydrogen-bond donors (Lipinski definition) is 1. The van der Waals surface area contributed by atoms with E-state index in [-0.39, 0.29) is 0 Å². The first-order valence-electron chi connectivity index (χ1n) is 8.26. The lowest BCUT2D eigenvalue weighted by Crippen LogP contribution is -2.24. The van der Waals surface area contributed by atoms with Gasteiger partial charge in [-0.1, -0.05) is 25.1 Å². The number of benzene rings is 1. The van der Waals surface area contributed by atoms with E-state index >= 15 is 0 Å². The summed E-state index contributed by atoms with van der Waals surface area (Å²) in [5.74, 6) is 0.0843. The van der Waals surface area contributed by atoms with Crippen molar-refractivity contribution in [2.24, 2.45) is 0 Å². The molecule has 0 radical (unpaired) electrons. The maximum Gasteiger partial charge on any atom is 0.355 e. The Bertz CT molecular complexity index is 907. The molecule has 0 saturated carbocycles. The number of ether oxygens (including phenoxy) is 1. The monoisotopic (exact) mass is 339 g/mol. The summed E-state index contributed by atoms with van der Waals surface area (Å²) in [6, 6.07) is 9.50. The van der Waals surface area contributed by atoms with Crippen molar-refractivity contribution in [2.75, 3.05) is 0 Å². The first-order chi connectivity index (χ1) is 11.8. The van der Waals surface area contributed by atoms with Crippen LogP contribution in [0.3, 0.4) is 0 Å². The van der Waals surface area contributed by atoms with Crippen LogP contribution in [0.2, 0.25) is 0 Å². The number of H-pyrrole nitrogens is 1. The van der Waals surface area contributed by atoms with Crippen LogP contribution in [0, 0.1) is 0 Å². The number of hydrogen-bond acceptors (Lipinski definition) is 4. The van der Waals surface area contributed by atoms with Crippen molar-refractivity contribution in [1.29, 1.82) is 0 Å². The largest absolute Gasteiger partial charge is 0.456 e. The van der Waals surface area contributed by atoms with Gasteiger partial charge >= 0.3 is 5.97 Å². The van der Waals surface area contributed by atoms with E-state index in [0.29, 0.717) is 35.4 Å². The molecule has 0 amide bonds. The zero-order valence-electron chi connectivity index (χ0n) is 14.8. The Morgan fingerprint density at radius 3 is 2.60 bits per heavy atom. The number of esters is 1. The number of rotatable bonds is 4. The minimum Gasteiger partial charge on any atom is -0.456 e. The van der Waals surface area contributed by atoms with Crippen LogP contribution >= 0.6 is 0 Å². The van der Waals surface area contributed by atoms with Gasteiger partial charge in [-0.2, -0.15) is 0 Å². The number of para-hydroxylation sites is 1. The summed E-state index contributed by atoms with van der Waals surface area (Å²) in [7, 11) is 0. The Balaban J connectivity index is 2.15. The Kier molecular flexibility index (Phi) is 4.25. The number of carbonyl (C=O) groups excluding carboxylic acids is 2. The average molecular weight is 339 g/mol. The van der Waals surface area contributed by atoms with Crippen molar-refractivity contribution in [3.63, 3.8) is 0 Å². The van der Waals surface area contributed by atoms with Crippen molar-refractivity contribution >= 4 is 23.2 Å². The normalized spacial score (nSPS) is 11.7. The first kappa shape index (κ1) is 17.0. The van der Waals surface area contributed by atoms with Gasteiger partial charge in [0, 0.05) is 10.9 Å². The second-order valence-corrected chi connectivity index (χ2v) is 6.89. The summed E-state index contributed by atoms with van der Waals surface area (Å²) in [4.78, 5) is 27.0. The average Bonchev–Trinajstić information content (AvgIpc) is 3.13. The molecule has 5 nitrogen and oxygen atoms in total. The summed E-state index contributed by atoms with van der Waals surface area (Å²) in [6.07, 6.45) is 1.26. The molecule has 0 fully saturated rings. The predicted octanol–water partition coefficient (Wildman–Crippen LogP) is 4.76. The summed E-state index contributed by atoms with van der Waals surface area (Å²) in [5.41, 5.74) is 2.07. The van der Waals surface area contributed by atoms with Gasteiger partial charge < -0.3 is 14.1 Å².